The smallest absolute Gasteiger partial charge is 0.00428 e. The normalized spacial score (nSPS) is 23.8. The predicted molar refractivity (Wildman–Crippen MR) is 48.1 cm³/mol. The average Bonchev–Trinajstić information content (AvgIpc) is 1.86. The monoisotopic (exact) mass is 154 g/mol. The van der Waals surface area contributed by atoms with E-state index in [2.05, 4.69) is 25.7 Å². The van der Waals surface area contributed by atoms with Crippen molar-refractivity contribution in [1.29, 1.82) is 0 Å². The van der Waals surface area contributed by atoms with Crippen LogP contribution in [0.15, 0.2) is 12.3 Å². The van der Waals surface area contributed by atoms with Gasteiger partial charge in [-0.15, -0.1) is 0 Å². The molecule has 2 nitrogen and oxygen atoms in total. The van der Waals surface area contributed by atoms with Crippen molar-refractivity contribution in [2.75, 3.05) is 13.1 Å². The molecule has 1 atom stereocenters. The molecule has 0 aromatic rings. The molecule has 1 saturated heterocycles. The summed E-state index contributed by atoms with van der Waals surface area (Å²) in [5.74, 6) is 0.453. The second kappa shape index (κ2) is 2.86. The molecule has 1 heterocycles. The summed E-state index contributed by atoms with van der Waals surface area (Å²) in [4.78, 5) is 0. The molecule has 1 aliphatic heterocycles. The van der Waals surface area contributed by atoms with Crippen LogP contribution < -0.4 is 11.1 Å². The first-order valence-corrected chi connectivity index (χ1v) is 4.27. The SMILES string of the molecule is C=C(N)C(C)C1(CC)CNC1. The molecular formula is C9H18N2. The summed E-state index contributed by atoms with van der Waals surface area (Å²) in [6.45, 7) is 10.4. The van der Waals surface area contributed by atoms with E-state index in [4.69, 9.17) is 5.73 Å². The van der Waals surface area contributed by atoms with Crippen LogP contribution in [-0.2, 0) is 0 Å². The Bertz CT molecular complexity index is 153. The van der Waals surface area contributed by atoms with E-state index in [-0.39, 0.29) is 0 Å². The lowest BCUT2D eigenvalue weighted by Crippen LogP contribution is -2.57. The first-order valence-electron chi connectivity index (χ1n) is 4.27. The molecular weight excluding hydrogens is 136 g/mol. The van der Waals surface area contributed by atoms with E-state index < -0.39 is 0 Å². The highest BCUT2D eigenvalue weighted by Crippen LogP contribution is 2.37. The van der Waals surface area contributed by atoms with Gasteiger partial charge in [0.25, 0.3) is 0 Å². The summed E-state index contributed by atoms with van der Waals surface area (Å²) in [6.07, 6.45) is 1.19. The van der Waals surface area contributed by atoms with Crippen molar-refractivity contribution < 1.29 is 0 Å². The van der Waals surface area contributed by atoms with Crippen LogP contribution in [-0.4, -0.2) is 13.1 Å². The van der Waals surface area contributed by atoms with Crippen LogP contribution >= 0.6 is 0 Å². The lowest BCUT2D eigenvalue weighted by atomic mass is 9.68. The van der Waals surface area contributed by atoms with Gasteiger partial charge in [-0.1, -0.05) is 20.4 Å². The third-order valence-corrected chi connectivity index (χ3v) is 3.13. The third kappa shape index (κ3) is 1.27. The maximum Gasteiger partial charge on any atom is 0.00428 e. The first-order chi connectivity index (χ1) is 5.12. The molecule has 2 heteroatoms. The van der Waals surface area contributed by atoms with Gasteiger partial charge in [0.15, 0.2) is 0 Å². The van der Waals surface area contributed by atoms with Crippen LogP contribution in [0.5, 0.6) is 0 Å². The molecule has 1 unspecified atom stereocenters. The number of rotatable bonds is 3. The number of hydrogen-bond acceptors (Lipinski definition) is 2. The van der Waals surface area contributed by atoms with Crippen molar-refractivity contribution in [3.63, 3.8) is 0 Å². The van der Waals surface area contributed by atoms with Crippen LogP contribution in [0.3, 0.4) is 0 Å². The minimum absolute atomic E-state index is 0.409. The molecule has 64 valence electrons. The molecule has 0 aromatic carbocycles. The highest BCUT2D eigenvalue weighted by molar-refractivity contribution is 5.07. The summed E-state index contributed by atoms with van der Waals surface area (Å²) < 4.78 is 0. The van der Waals surface area contributed by atoms with Crippen LogP contribution in [0, 0.1) is 11.3 Å². The van der Waals surface area contributed by atoms with Gasteiger partial charge >= 0.3 is 0 Å². The fourth-order valence-corrected chi connectivity index (χ4v) is 1.70. The van der Waals surface area contributed by atoms with Crippen molar-refractivity contribution in [3.8, 4) is 0 Å². The fraction of sp³-hybridized carbons (Fsp3) is 0.778. The largest absolute Gasteiger partial charge is 0.402 e. The zero-order valence-electron chi connectivity index (χ0n) is 7.48. The Labute approximate surface area is 68.9 Å². The molecule has 1 aliphatic rings. The summed E-state index contributed by atoms with van der Waals surface area (Å²) in [5.41, 5.74) is 6.92. The molecule has 0 aromatic heterocycles. The van der Waals surface area contributed by atoms with Gasteiger partial charge in [0, 0.05) is 30.1 Å². The number of nitrogens with one attached hydrogen (secondary N) is 1. The molecule has 0 amide bonds. The lowest BCUT2D eigenvalue weighted by molar-refractivity contribution is 0.103. The van der Waals surface area contributed by atoms with Crippen molar-refractivity contribution >= 4 is 0 Å². The quantitative estimate of drug-likeness (QED) is 0.638. The molecule has 1 fully saturated rings. The van der Waals surface area contributed by atoms with E-state index in [0.717, 1.165) is 18.8 Å². The summed E-state index contributed by atoms with van der Waals surface area (Å²) in [7, 11) is 0. The Kier molecular flexibility index (Phi) is 2.23. The van der Waals surface area contributed by atoms with Gasteiger partial charge in [0.1, 0.15) is 0 Å². The molecule has 0 radical (unpaired) electrons. The van der Waals surface area contributed by atoms with E-state index in [0.29, 0.717) is 11.3 Å². The zero-order valence-corrected chi connectivity index (χ0v) is 7.48. The van der Waals surface area contributed by atoms with Crippen molar-refractivity contribution in [3.05, 3.63) is 12.3 Å². The maximum absolute atomic E-state index is 5.68. The fourth-order valence-electron chi connectivity index (χ4n) is 1.70. The summed E-state index contributed by atoms with van der Waals surface area (Å²) in [6, 6.07) is 0. The number of hydrogen-bond donors (Lipinski definition) is 2. The second-order valence-corrected chi connectivity index (χ2v) is 3.62. The van der Waals surface area contributed by atoms with Gasteiger partial charge in [0.05, 0.1) is 0 Å². The minimum Gasteiger partial charge on any atom is -0.402 e. The van der Waals surface area contributed by atoms with Crippen molar-refractivity contribution in [2.45, 2.75) is 20.3 Å². The molecule has 3 N–H and O–H groups in total. The Morgan fingerprint density at radius 1 is 1.73 bits per heavy atom. The van der Waals surface area contributed by atoms with Crippen LogP contribution in [0.2, 0.25) is 0 Å². The maximum atomic E-state index is 5.68. The predicted octanol–water partition coefficient (Wildman–Crippen LogP) is 1.09. The minimum atomic E-state index is 0.409. The Morgan fingerprint density at radius 2 is 2.27 bits per heavy atom. The van der Waals surface area contributed by atoms with E-state index >= 15 is 0 Å². The van der Waals surface area contributed by atoms with Crippen LogP contribution in [0.4, 0.5) is 0 Å². The van der Waals surface area contributed by atoms with Gasteiger partial charge in [-0.05, 0) is 6.42 Å². The highest BCUT2D eigenvalue weighted by Gasteiger charge is 2.40. The van der Waals surface area contributed by atoms with E-state index in [9.17, 15) is 0 Å². The van der Waals surface area contributed by atoms with Gasteiger partial charge in [-0.2, -0.15) is 0 Å². The molecule has 0 saturated carbocycles. The molecule has 1 rings (SSSR count). The van der Waals surface area contributed by atoms with Crippen molar-refractivity contribution in [2.24, 2.45) is 17.1 Å². The molecule has 0 spiro atoms. The highest BCUT2D eigenvalue weighted by atomic mass is 15.0. The van der Waals surface area contributed by atoms with E-state index in [1.165, 1.54) is 6.42 Å². The molecule has 0 aliphatic carbocycles. The Balaban J connectivity index is 2.61. The van der Waals surface area contributed by atoms with E-state index in [1.807, 2.05) is 0 Å². The van der Waals surface area contributed by atoms with Crippen LogP contribution in [0.25, 0.3) is 0 Å². The topological polar surface area (TPSA) is 38.0 Å². The van der Waals surface area contributed by atoms with Gasteiger partial charge in [0.2, 0.25) is 0 Å². The Hall–Kier alpha value is -0.500. The summed E-state index contributed by atoms with van der Waals surface area (Å²) >= 11 is 0. The zero-order chi connectivity index (χ0) is 8.48. The molecule has 11 heavy (non-hydrogen) atoms. The number of nitrogens with two attached hydrogens (primary N) is 1. The van der Waals surface area contributed by atoms with Crippen LogP contribution in [0.1, 0.15) is 20.3 Å². The van der Waals surface area contributed by atoms with Gasteiger partial charge in [-0.3, -0.25) is 0 Å². The van der Waals surface area contributed by atoms with Crippen molar-refractivity contribution in [1.82, 2.24) is 5.32 Å². The lowest BCUT2D eigenvalue weighted by Gasteiger charge is -2.46. The first kappa shape index (κ1) is 8.60. The van der Waals surface area contributed by atoms with Gasteiger partial charge in [-0.25, -0.2) is 0 Å². The average molecular weight is 154 g/mol. The second-order valence-electron chi connectivity index (χ2n) is 3.62. The van der Waals surface area contributed by atoms with Gasteiger partial charge < -0.3 is 11.1 Å². The molecule has 0 bridgehead atoms. The van der Waals surface area contributed by atoms with E-state index in [1.54, 1.807) is 0 Å². The number of allylic oxidation sites excluding steroid dienone is 1. The summed E-state index contributed by atoms with van der Waals surface area (Å²) in [5, 5.41) is 3.29. The third-order valence-electron chi connectivity index (χ3n) is 3.13. The standard InChI is InChI=1S/C9H18N2/c1-4-9(5-11-6-9)7(2)8(3)10/h7,11H,3-6,10H2,1-2H3. The Morgan fingerprint density at radius 3 is 2.36 bits per heavy atom.